The van der Waals surface area contributed by atoms with Gasteiger partial charge in [0, 0.05) is 24.3 Å². The molecule has 0 saturated carbocycles. The molecule has 2 aliphatic heterocycles. The number of rotatable bonds is 6. The minimum absolute atomic E-state index is 0.0142. The maximum Gasteiger partial charge on any atom is 0.251 e. The number of carbonyl (C=O) groups excluding carboxylic acids is 2. The first-order valence-electron chi connectivity index (χ1n) is 11.5. The number of amides is 2. The molecule has 3 aromatic rings. The van der Waals surface area contributed by atoms with Crippen molar-refractivity contribution in [3.63, 3.8) is 0 Å². The van der Waals surface area contributed by atoms with Crippen molar-refractivity contribution in [1.82, 2.24) is 10.7 Å². The predicted molar refractivity (Wildman–Crippen MR) is 134 cm³/mol. The number of hydrazine groups is 1. The molecule has 0 spiro atoms. The van der Waals surface area contributed by atoms with Crippen LogP contribution >= 0.6 is 0 Å². The smallest absolute Gasteiger partial charge is 0.251 e. The van der Waals surface area contributed by atoms with Crippen molar-refractivity contribution in [3.05, 3.63) is 82.9 Å². The summed E-state index contributed by atoms with van der Waals surface area (Å²) in [6, 6.07) is 18.7. The van der Waals surface area contributed by atoms with E-state index in [1.54, 1.807) is 25.3 Å². The summed E-state index contributed by atoms with van der Waals surface area (Å²) in [6.45, 7) is 2.90. The van der Waals surface area contributed by atoms with Crippen molar-refractivity contribution in [3.8, 4) is 11.5 Å². The predicted octanol–water partition coefficient (Wildman–Crippen LogP) is 3.58. The summed E-state index contributed by atoms with van der Waals surface area (Å²) in [5.74, 6) is 0.816. The number of methoxy groups -OCH3 is 2. The second-order valence-corrected chi connectivity index (χ2v) is 8.78. The van der Waals surface area contributed by atoms with Gasteiger partial charge in [-0.3, -0.25) is 9.59 Å². The summed E-state index contributed by atoms with van der Waals surface area (Å²) < 4.78 is 10.6. The van der Waals surface area contributed by atoms with Crippen LogP contribution in [0.15, 0.2) is 60.7 Å². The van der Waals surface area contributed by atoms with Gasteiger partial charge in [-0.25, -0.2) is 10.4 Å². The van der Waals surface area contributed by atoms with Gasteiger partial charge >= 0.3 is 0 Å². The summed E-state index contributed by atoms with van der Waals surface area (Å²) in [6.07, 6.45) is 0. The van der Waals surface area contributed by atoms with E-state index in [0.29, 0.717) is 30.2 Å². The zero-order chi connectivity index (χ0) is 24.5. The zero-order valence-corrected chi connectivity index (χ0v) is 19.9. The van der Waals surface area contributed by atoms with Gasteiger partial charge in [0.05, 0.1) is 31.9 Å². The fourth-order valence-electron chi connectivity index (χ4n) is 4.61. The number of hydrogen-bond acceptors (Lipinski definition) is 6. The van der Waals surface area contributed by atoms with Crippen LogP contribution in [0.4, 0.5) is 11.4 Å². The SMILES string of the molecule is COc1ccc(CNC(=O)c2ccc3c(c2)C2NN(c4ccc(C)cc4)C(=O)C2CN3)cc1OC. The van der Waals surface area contributed by atoms with E-state index in [9.17, 15) is 9.59 Å². The molecule has 2 aliphatic rings. The maximum atomic E-state index is 13.1. The molecule has 8 nitrogen and oxygen atoms in total. The number of benzene rings is 3. The third kappa shape index (κ3) is 4.28. The Morgan fingerprint density at radius 3 is 2.54 bits per heavy atom. The Labute approximate surface area is 204 Å². The monoisotopic (exact) mass is 472 g/mol. The molecule has 5 rings (SSSR count). The van der Waals surface area contributed by atoms with Gasteiger partial charge in [-0.2, -0.15) is 0 Å². The number of nitrogens with zero attached hydrogens (tertiary/aromatic N) is 1. The maximum absolute atomic E-state index is 13.1. The van der Waals surface area contributed by atoms with Crippen LogP contribution in [0.25, 0.3) is 0 Å². The summed E-state index contributed by atoms with van der Waals surface area (Å²) in [5.41, 5.74) is 8.57. The second kappa shape index (κ2) is 9.31. The van der Waals surface area contributed by atoms with Crippen molar-refractivity contribution in [2.75, 3.05) is 31.1 Å². The van der Waals surface area contributed by atoms with Gasteiger partial charge in [0.1, 0.15) is 0 Å². The number of fused-ring (bicyclic) bond motifs is 3. The topological polar surface area (TPSA) is 91.9 Å². The number of nitrogens with one attached hydrogen (secondary N) is 3. The Hall–Kier alpha value is -4.04. The lowest BCUT2D eigenvalue weighted by Crippen LogP contribution is -2.35. The van der Waals surface area contributed by atoms with Gasteiger partial charge in [-0.05, 0) is 60.5 Å². The van der Waals surface area contributed by atoms with Crippen LogP contribution in [-0.2, 0) is 11.3 Å². The molecule has 35 heavy (non-hydrogen) atoms. The Morgan fingerprint density at radius 2 is 1.80 bits per heavy atom. The molecule has 0 radical (unpaired) electrons. The van der Waals surface area contributed by atoms with Crippen LogP contribution in [0.5, 0.6) is 11.5 Å². The Balaban J connectivity index is 1.33. The number of ether oxygens (including phenoxy) is 2. The molecule has 0 aromatic heterocycles. The zero-order valence-electron chi connectivity index (χ0n) is 19.9. The average Bonchev–Trinajstić information content (AvgIpc) is 3.23. The van der Waals surface area contributed by atoms with Crippen LogP contribution in [0.1, 0.15) is 33.1 Å². The first kappa shape index (κ1) is 22.7. The highest BCUT2D eigenvalue weighted by molar-refractivity contribution is 5.99. The summed E-state index contributed by atoms with van der Waals surface area (Å²) >= 11 is 0. The number of aryl methyl sites for hydroxylation is 1. The quantitative estimate of drug-likeness (QED) is 0.508. The van der Waals surface area contributed by atoms with Crippen molar-refractivity contribution in [2.24, 2.45) is 5.92 Å². The van der Waals surface area contributed by atoms with Gasteiger partial charge in [0.25, 0.3) is 5.91 Å². The van der Waals surface area contributed by atoms with Gasteiger partial charge in [-0.1, -0.05) is 23.8 Å². The molecular weight excluding hydrogens is 444 g/mol. The number of anilines is 2. The van der Waals surface area contributed by atoms with E-state index in [0.717, 1.165) is 28.1 Å². The van der Waals surface area contributed by atoms with Crippen molar-refractivity contribution >= 4 is 23.2 Å². The van der Waals surface area contributed by atoms with E-state index in [2.05, 4.69) is 16.1 Å². The molecular formula is C27H28N4O4. The third-order valence-electron chi connectivity index (χ3n) is 6.56. The molecule has 8 heteroatoms. The Kier molecular flexibility index (Phi) is 6.05. The van der Waals surface area contributed by atoms with Crippen molar-refractivity contribution in [1.29, 1.82) is 0 Å². The van der Waals surface area contributed by atoms with Crippen LogP contribution in [0.2, 0.25) is 0 Å². The number of hydrogen-bond donors (Lipinski definition) is 3. The van der Waals surface area contributed by atoms with E-state index in [1.165, 1.54) is 0 Å². The van der Waals surface area contributed by atoms with Crippen molar-refractivity contribution in [2.45, 2.75) is 19.5 Å². The Morgan fingerprint density at radius 1 is 1.03 bits per heavy atom. The molecule has 0 bridgehead atoms. The van der Waals surface area contributed by atoms with E-state index in [1.807, 2.05) is 61.5 Å². The Bertz CT molecular complexity index is 1270. The minimum Gasteiger partial charge on any atom is -0.493 e. The molecule has 2 atom stereocenters. The van der Waals surface area contributed by atoms with E-state index in [-0.39, 0.29) is 23.8 Å². The first-order valence-corrected chi connectivity index (χ1v) is 11.5. The molecule has 2 amide bonds. The highest BCUT2D eigenvalue weighted by Gasteiger charge is 2.44. The summed E-state index contributed by atoms with van der Waals surface area (Å²) in [7, 11) is 3.16. The fraction of sp³-hybridized carbons (Fsp3) is 0.259. The minimum atomic E-state index is -0.256. The van der Waals surface area contributed by atoms with Crippen molar-refractivity contribution < 1.29 is 19.1 Å². The standard InChI is InChI=1S/C27H28N4O4/c1-16-4-8-19(9-5-16)31-27(33)21-15-28-22-10-7-18(13-20(22)25(21)30-31)26(32)29-14-17-6-11-23(34-2)24(12-17)35-3/h4-13,21,25,28,30H,14-15H2,1-3H3,(H,29,32). The average molecular weight is 473 g/mol. The third-order valence-corrected chi connectivity index (χ3v) is 6.56. The lowest BCUT2D eigenvalue weighted by atomic mass is 9.88. The van der Waals surface area contributed by atoms with Crippen LogP contribution < -0.4 is 30.5 Å². The molecule has 1 saturated heterocycles. The second-order valence-electron chi connectivity index (χ2n) is 8.78. The van der Waals surface area contributed by atoms with Gasteiger partial charge in [0.15, 0.2) is 11.5 Å². The molecule has 3 N–H and O–H groups in total. The van der Waals surface area contributed by atoms with Gasteiger partial charge in [0.2, 0.25) is 5.91 Å². The summed E-state index contributed by atoms with van der Waals surface area (Å²) in [5, 5.41) is 7.93. The molecule has 180 valence electrons. The fourth-order valence-corrected chi connectivity index (χ4v) is 4.61. The molecule has 0 aliphatic carbocycles. The van der Waals surface area contributed by atoms with E-state index in [4.69, 9.17) is 9.47 Å². The molecule has 1 fully saturated rings. The van der Waals surface area contributed by atoms with Crippen LogP contribution in [0.3, 0.4) is 0 Å². The highest BCUT2D eigenvalue weighted by Crippen LogP contribution is 2.40. The normalized spacial score (nSPS) is 18.4. The van der Waals surface area contributed by atoms with Crippen LogP contribution in [0, 0.1) is 12.8 Å². The molecule has 2 heterocycles. The molecule has 2 unspecified atom stereocenters. The van der Waals surface area contributed by atoms with Gasteiger partial charge < -0.3 is 20.1 Å². The molecule has 3 aromatic carbocycles. The van der Waals surface area contributed by atoms with E-state index < -0.39 is 0 Å². The van der Waals surface area contributed by atoms with Gasteiger partial charge in [-0.15, -0.1) is 0 Å². The number of carbonyl (C=O) groups is 2. The lowest BCUT2D eigenvalue weighted by Gasteiger charge is -2.27. The lowest BCUT2D eigenvalue weighted by molar-refractivity contribution is -0.120. The highest BCUT2D eigenvalue weighted by atomic mass is 16.5. The van der Waals surface area contributed by atoms with E-state index >= 15 is 0 Å². The summed E-state index contributed by atoms with van der Waals surface area (Å²) in [4.78, 5) is 26.1. The first-order chi connectivity index (χ1) is 17.0. The largest absolute Gasteiger partial charge is 0.493 e. The van der Waals surface area contributed by atoms with Crippen LogP contribution in [-0.4, -0.2) is 32.6 Å².